The average molecular weight is 281 g/mol. The van der Waals surface area contributed by atoms with Crippen LogP contribution >= 0.6 is 0 Å². The van der Waals surface area contributed by atoms with Gasteiger partial charge in [-0.05, 0) is 56.4 Å². The molecule has 2 N–H and O–H groups in total. The number of rotatable bonds is 3. The number of hydrogen-bond donors (Lipinski definition) is 1. The lowest BCUT2D eigenvalue weighted by Gasteiger charge is -2.37. The third kappa shape index (κ3) is 2.79. The number of fused-ring (bicyclic) bond motifs is 1. The van der Waals surface area contributed by atoms with Crippen LogP contribution in [0.4, 0.5) is 11.5 Å². The van der Waals surface area contributed by atoms with Crippen molar-refractivity contribution in [3.8, 4) is 0 Å². The van der Waals surface area contributed by atoms with Crippen LogP contribution in [0.5, 0.6) is 0 Å². The average Bonchev–Trinajstić information content (AvgIpc) is 2.48. The minimum Gasteiger partial charge on any atom is -0.328 e. The molecular weight excluding hydrogens is 258 g/mol. The van der Waals surface area contributed by atoms with E-state index in [-0.39, 0.29) is 6.04 Å². The largest absolute Gasteiger partial charge is 0.328 e. The van der Waals surface area contributed by atoms with E-state index in [2.05, 4.69) is 47.1 Å². The third-order valence-electron chi connectivity index (χ3n) is 4.16. The Morgan fingerprint density at radius 3 is 2.90 bits per heavy atom. The van der Waals surface area contributed by atoms with Gasteiger partial charge in [-0.15, -0.1) is 0 Å². The van der Waals surface area contributed by atoms with Gasteiger partial charge in [-0.1, -0.05) is 24.3 Å². The fourth-order valence-corrected chi connectivity index (χ4v) is 3.16. The van der Waals surface area contributed by atoms with E-state index in [0.29, 0.717) is 6.04 Å². The number of aromatic nitrogens is 1. The second kappa shape index (κ2) is 5.86. The van der Waals surface area contributed by atoms with Crippen molar-refractivity contribution in [3.05, 3.63) is 53.7 Å². The number of benzene rings is 1. The van der Waals surface area contributed by atoms with Crippen molar-refractivity contribution in [2.45, 2.75) is 45.2 Å². The lowest BCUT2D eigenvalue weighted by molar-refractivity contribution is 0.609. The Kier molecular flexibility index (Phi) is 3.93. The fourth-order valence-electron chi connectivity index (χ4n) is 3.16. The van der Waals surface area contributed by atoms with Gasteiger partial charge < -0.3 is 10.6 Å². The molecule has 1 aromatic heterocycles. The molecule has 0 bridgehead atoms. The summed E-state index contributed by atoms with van der Waals surface area (Å²) in [6, 6.07) is 13.4. The van der Waals surface area contributed by atoms with Crippen LogP contribution in [0.2, 0.25) is 0 Å². The maximum Gasteiger partial charge on any atom is 0.136 e. The summed E-state index contributed by atoms with van der Waals surface area (Å²) in [6.45, 7) is 4.32. The summed E-state index contributed by atoms with van der Waals surface area (Å²) in [5, 5.41) is 0. The first-order valence-electron chi connectivity index (χ1n) is 7.73. The molecule has 1 aromatic carbocycles. The molecule has 1 aliphatic rings. The molecule has 2 aromatic rings. The van der Waals surface area contributed by atoms with Crippen LogP contribution < -0.4 is 10.6 Å². The molecule has 0 spiro atoms. The van der Waals surface area contributed by atoms with Gasteiger partial charge in [0.05, 0.1) is 0 Å². The maximum atomic E-state index is 6.01. The number of aryl methyl sites for hydroxylation is 1. The Morgan fingerprint density at radius 1 is 1.29 bits per heavy atom. The van der Waals surface area contributed by atoms with Gasteiger partial charge in [0.1, 0.15) is 5.82 Å². The lowest BCUT2D eigenvalue weighted by Crippen LogP contribution is -2.35. The van der Waals surface area contributed by atoms with E-state index < -0.39 is 0 Å². The molecule has 110 valence electrons. The summed E-state index contributed by atoms with van der Waals surface area (Å²) >= 11 is 0. The van der Waals surface area contributed by atoms with Crippen molar-refractivity contribution < 1.29 is 0 Å². The topological polar surface area (TPSA) is 42.1 Å². The van der Waals surface area contributed by atoms with Crippen LogP contribution in [0.3, 0.4) is 0 Å². The molecule has 1 aliphatic heterocycles. The van der Waals surface area contributed by atoms with E-state index in [4.69, 9.17) is 5.73 Å². The van der Waals surface area contributed by atoms with E-state index in [1.54, 1.807) is 0 Å². The van der Waals surface area contributed by atoms with Crippen molar-refractivity contribution in [1.29, 1.82) is 0 Å². The Labute approximate surface area is 126 Å². The number of anilines is 2. The van der Waals surface area contributed by atoms with Gasteiger partial charge in [-0.25, -0.2) is 4.98 Å². The van der Waals surface area contributed by atoms with Crippen molar-refractivity contribution in [3.63, 3.8) is 0 Å². The highest BCUT2D eigenvalue weighted by molar-refractivity contribution is 5.68. The van der Waals surface area contributed by atoms with E-state index in [0.717, 1.165) is 25.1 Å². The van der Waals surface area contributed by atoms with Crippen molar-refractivity contribution in [2.24, 2.45) is 5.73 Å². The molecule has 2 unspecified atom stereocenters. The van der Waals surface area contributed by atoms with E-state index in [1.807, 2.05) is 19.2 Å². The molecule has 3 nitrogen and oxygen atoms in total. The quantitative estimate of drug-likeness (QED) is 0.937. The molecule has 0 fully saturated rings. The van der Waals surface area contributed by atoms with Crippen LogP contribution in [0.1, 0.15) is 31.4 Å². The van der Waals surface area contributed by atoms with E-state index in [1.165, 1.54) is 16.8 Å². The summed E-state index contributed by atoms with van der Waals surface area (Å²) in [5.74, 6) is 1.06. The monoisotopic (exact) mass is 281 g/mol. The zero-order valence-corrected chi connectivity index (χ0v) is 12.8. The third-order valence-corrected chi connectivity index (χ3v) is 4.16. The summed E-state index contributed by atoms with van der Waals surface area (Å²) in [4.78, 5) is 7.06. The molecule has 0 saturated heterocycles. The Balaban J connectivity index is 2.07. The minimum absolute atomic E-state index is 0.142. The van der Waals surface area contributed by atoms with Gasteiger partial charge in [0.15, 0.2) is 0 Å². The SMILES string of the molecule is CC(N)Cc1cccnc1N1c2ccccc2CCC1C. The minimum atomic E-state index is 0.142. The maximum absolute atomic E-state index is 6.01. The van der Waals surface area contributed by atoms with Crippen molar-refractivity contribution >= 4 is 11.5 Å². The molecule has 0 radical (unpaired) electrons. The Hall–Kier alpha value is -1.87. The van der Waals surface area contributed by atoms with Gasteiger partial charge in [0.2, 0.25) is 0 Å². The van der Waals surface area contributed by atoms with E-state index >= 15 is 0 Å². The Morgan fingerprint density at radius 2 is 2.10 bits per heavy atom. The molecule has 2 atom stereocenters. The van der Waals surface area contributed by atoms with Gasteiger partial charge in [-0.3, -0.25) is 0 Å². The van der Waals surface area contributed by atoms with E-state index in [9.17, 15) is 0 Å². The summed E-state index contributed by atoms with van der Waals surface area (Å²) < 4.78 is 0. The highest BCUT2D eigenvalue weighted by atomic mass is 15.2. The predicted octanol–water partition coefficient (Wildman–Crippen LogP) is 3.44. The number of nitrogens with two attached hydrogens (primary N) is 1. The molecule has 0 saturated carbocycles. The van der Waals surface area contributed by atoms with Gasteiger partial charge in [-0.2, -0.15) is 0 Å². The first-order chi connectivity index (χ1) is 10.2. The first-order valence-corrected chi connectivity index (χ1v) is 7.73. The molecule has 21 heavy (non-hydrogen) atoms. The molecule has 0 aliphatic carbocycles. The molecule has 3 rings (SSSR count). The summed E-state index contributed by atoms with van der Waals surface area (Å²) in [6.07, 6.45) is 5.03. The first kappa shape index (κ1) is 14.1. The summed E-state index contributed by atoms with van der Waals surface area (Å²) in [7, 11) is 0. The van der Waals surface area contributed by atoms with Gasteiger partial charge >= 0.3 is 0 Å². The van der Waals surface area contributed by atoms with Crippen LogP contribution in [0.15, 0.2) is 42.6 Å². The predicted molar refractivity (Wildman–Crippen MR) is 88.0 cm³/mol. The fraction of sp³-hybridized carbons (Fsp3) is 0.389. The second-order valence-corrected chi connectivity index (χ2v) is 6.05. The number of hydrogen-bond acceptors (Lipinski definition) is 3. The number of nitrogens with zero attached hydrogens (tertiary/aromatic N) is 2. The van der Waals surface area contributed by atoms with Gasteiger partial charge in [0.25, 0.3) is 0 Å². The molecular formula is C18H23N3. The van der Waals surface area contributed by atoms with Crippen LogP contribution in [0, 0.1) is 0 Å². The van der Waals surface area contributed by atoms with Gasteiger partial charge in [0, 0.05) is 24.0 Å². The molecule has 2 heterocycles. The number of para-hydroxylation sites is 1. The summed E-state index contributed by atoms with van der Waals surface area (Å²) in [5.41, 5.74) is 9.94. The van der Waals surface area contributed by atoms with Crippen LogP contribution in [-0.4, -0.2) is 17.1 Å². The van der Waals surface area contributed by atoms with Crippen LogP contribution in [0.25, 0.3) is 0 Å². The second-order valence-electron chi connectivity index (χ2n) is 6.05. The lowest BCUT2D eigenvalue weighted by atomic mass is 9.95. The van der Waals surface area contributed by atoms with Crippen molar-refractivity contribution in [1.82, 2.24) is 4.98 Å². The molecule has 0 amide bonds. The normalized spacial score (nSPS) is 19.2. The highest BCUT2D eigenvalue weighted by Gasteiger charge is 2.26. The zero-order valence-electron chi connectivity index (χ0n) is 12.8. The Bertz CT molecular complexity index is 621. The highest BCUT2D eigenvalue weighted by Crippen LogP contribution is 2.37. The zero-order chi connectivity index (χ0) is 14.8. The molecule has 3 heteroatoms. The smallest absolute Gasteiger partial charge is 0.136 e. The van der Waals surface area contributed by atoms with Crippen LogP contribution in [-0.2, 0) is 12.8 Å². The van der Waals surface area contributed by atoms with Crippen molar-refractivity contribution in [2.75, 3.05) is 4.90 Å². The number of pyridine rings is 1. The standard InChI is InChI=1S/C18H23N3/c1-13(19)12-16-7-5-11-20-18(16)21-14(2)9-10-15-6-3-4-8-17(15)21/h3-8,11,13-14H,9-10,12,19H2,1-2H3.